The molecule has 1 aromatic heterocycles. The van der Waals surface area contributed by atoms with Crippen LogP contribution in [-0.4, -0.2) is 41.0 Å². The van der Waals surface area contributed by atoms with Crippen molar-refractivity contribution >= 4 is 11.3 Å². The summed E-state index contributed by atoms with van der Waals surface area (Å²) in [6.45, 7) is 6.78. The van der Waals surface area contributed by atoms with Gasteiger partial charge in [0.25, 0.3) is 0 Å². The first-order valence-electron chi connectivity index (χ1n) is 8.28. The Morgan fingerprint density at radius 2 is 1.73 bits per heavy atom. The Hall–Kier alpha value is -1.23. The van der Waals surface area contributed by atoms with Crippen LogP contribution in [0.3, 0.4) is 0 Å². The molecule has 2 aromatic rings. The molecule has 4 heteroatoms. The number of hydrogen-bond acceptors (Lipinski definition) is 4. The first kappa shape index (κ1) is 14.4. The summed E-state index contributed by atoms with van der Waals surface area (Å²) in [5.74, 6) is 0.849. The minimum Gasteiger partial charge on any atom is -0.297 e. The second-order valence-electron chi connectivity index (χ2n) is 6.51. The van der Waals surface area contributed by atoms with Gasteiger partial charge in [-0.1, -0.05) is 24.3 Å². The number of thiazole rings is 1. The van der Waals surface area contributed by atoms with Gasteiger partial charge in [-0.25, -0.2) is 4.98 Å². The lowest BCUT2D eigenvalue weighted by Crippen LogP contribution is -2.45. The summed E-state index contributed by atoms with van der Waals surface area (Å²) in [6.07, 6.45) is 2.77. The fraction of sp³-hybridized carbons (Fsp3) is 0.500. The lowest BCUT2D eigenvalue weighted by atomic mass is 10.0. The summed E-state index contributed by atoms with van der Waals surface area (Å²) >= 11 is 1.69. The van der Waals surface area contributed by atoms with Gasteiger partial charge in [0.2, 0.25) is 0 Å². The van der Waals surface area contributed by atoms with E-state index in [0.29, 0.717) is 0 Å². The van der Waals surface area contributed by atoms with E-state index >= 15 is 0 Å². The van der Waals surface area contributed by atoms with Gasteiger partial charge >= 0.3 is 0 Å². The van der Waals surface area contributed by atoms with Gasteiger partial charge < -0.3 is 0 Å². The third-order valence-corrected chi connectivity index (χ3v) is 5.44. The number of rotatable bonds is 5. The molecule has 3 nitrogen and oxygen atoms in total. The van der Waals surface area contributed by atoms with E-state index in [1.165, 1.54) is 31.6 Å². The van der Waals surface area contributed by atoms with E-state index in [1.807, 2.05) is 5.51 Å². The monoisotopic (exact) mass is 313 g/mol. The largest absolute Gasteiger partial charge is 0.297 e. The molecule has 1 aliphatic carbocycles. The molecule has 2 aliphatic rings. The highest BCUT2D eigenvalue weighted by Crippen LogP contribution is 2.41. The Morgan fingerprint density at radius 3 is 2.41 bits per heavy atom. The highest BCUT2D eigenvalue weighted by atomic mass is 32.1. The van der Waals surface area contributed by atoms with Crippen LogP contribution in [0.25, 0.3) is 0 Å². The number of hydrogen-bond donors (Lipinski definition) is 0. The first-order chi connectivity index (χ1) is 10.9. The Bertz CT molecular complexity index is 599. The van der Waals surface area contributed by atoms with Gasteiger partial charge in [0, 0.05) is 44.6 Å². The zero-order valence-electron chi connectivity index (χ0n) is 12.9. The number of piperazine rings is 1. The topological polar surface area (TPSA) is 19.4 Å². The molecular weight excluding hydrogens is 290 g/mol. The lowest BCUT2D eigenvalue weighted by molar-refractivity contribution is 0.121. The van der Waals surface area contributed by atoms with E-state index in [4.69, 9.17) is 0 Å². The predicted molar refractivity (Wildman–Crippen MR) is 91.1 cm³/mol. The van der Waals surface area contributed by atoms with Crippen molar-refractivity contribution in [3.63, 3.8) is 0 Å². The SMILES string of the molecule is c1ccc(C2CC2)c(CN2CCN(Cc3cscn3)CC2)c1. The summed E-state index contributed by atoms with van der Waals surface area (Å²) in [4.78, 5) is 9.53. The summed E-state index contributed by atoms with van der Waals surface area (Å²) in [5, 5.41) is 2.16. The van der Waals surface area contributed by atoms with E-state index in [-0.39, 0.29) is 0 Å². The van der Waals surface area contributed by atoms with Crippen LogP contribution >= 0.6 is 11.3 Å². The van der Waals surface area contributed by atoms with Crippen LogP contribution in [0.4, 0.5) is 0 Å². The van der Waals surface area contributed by atoms with Crippen LogP contribution in [-0.2, 0) is 13.1 Å². The second-order valence-corrected chi connectivity index (χ2v) is 7.22. The van der Waals surface area contributed by atoms with E-state index in [1.54, 1.807) is 22.5 Å². The maximum absolute atomic E-state index is 4.40. The number of nitrogens with zero attached hydrogens (tertiary/aromatic N) is 3. The molecule has 0 atom stereocenters. The third kappa shape index (κ3) is 3.40. The van der Waals surface area contributed by atoms with Crippen molar-refractivity contribution in [2.45, 2.75) is 31.8 Å². The maximum Gasteiger partial charge on any atom is 0.0795 e. The molecule has 22 heavy (non-hydrogen) atoms. The number of aromatic nitrogens is 1. The molecule has 0 spiro atoms. The summed E-state index contributed by atoms with van der Waals surface area (Å²) in [6, 6.07) is 9.06. The molecular formula is C18H23N3S. The summed E-state index contributed by atoms with van der Waals surface area (Å²) in [5.41, 5.74) is 6.31. The molecule has 1 saturated heterocycles. The van der Waals surface area contributed by atoms with Crippen molar-refractivity contribution in [3.05, 3.63) is 52.0 Å². The van der Waals surface area contributed by atoms with Crippen molar-refractivity contribution in [1.29, 1.82) is 0 Å². The van der Waals surface area contributed by atoms with Crippen LogP contribution in [0.2, 0.25) is 0 Å². The molecule has 116 valence electrons. The minimum atomic E-state index is 0.849. The molecule has 0 N–H and O–H groups in total. The minimum absolute atomic E-state index is 0.849. The van der Waals surface area contributed by atoms with Crippen molar-refractivity contribution < 1.29 is 0 Å². The lowest BCUT2D eigenvalue weighted by Gasteiger charge is -2.34. The van der Waals surface area contributed by atoms with Crippen LogP contribution in [0.5, 0.6) is 0 Å². The van der Waals surface area contributed by atoms with E-state index in [9.17, 15) is 0 Å². The number of benzene rings is 1. The van der Waals surface area contributed by atoms with Crippen LogP contribution in [0.1, 0.15) is 35.6 Å². The van der Waals surface area contributed by atoms with Crippen molar-refractivity contribution in [3.8, 4) is 0 Å². The molecule has 0 unspecified atom stereocenters. The summed E-state index contributed by atoms with van der Waals surface area (Å²) in [7, 11) is 0. The molecule has 4 rings (SSSR count). The second kappa shape index (κ2) is 6.49. The van der Waals surface area contributed by atoms with Gasteiger partial charge in [0.1, 0.15) is 0 Å². The average Bonchev–Trinajstić information content (AvgIpc) is 3.27. The average molecular weight is 313 g/mol. The third-order valence-electron chi connectivity index (χ3n) is 4.80. The first-order valence-corrected chi connectivity index (χ1v) is 9.22. The fourth-order valence-electron chi connectivity index (χ4n) is 3.36. The van der Waals surface area contributed by atoms with Crippen LogP contribution in [0, 0.1) is 0 Å². The van der Waals surface area contributed by atoms with Gasteiger partial charge in [-0.05, 0) is 29.9 Å². The van der Waals surface area contributed by atoms with Gasteiger partial charge in [0.05, 0.1) is 11.2 Å². The Labute approximate surface area is 136 Å². The zero-order chi connectivity index (χ0) is 14.8. The van der Waals surface area contributed by atoms with E-state index in [0.717, 1.165) is 32.1 Å². The zero-order valence-corrected chi connectivity index (χ0v) is 13.8. The summed E-state index contributed by atoms with van der Waals surface area (Å²) < 4.78 is 0. The molecule has 0 amide bonds. The molecule has 1 aliphatic heterocycles. The fourth-order valence-corrected chi connectivity index (χ4v) is 3.91. The van der Waals surface area contributed by atoms with E-state index in [2.05, 4.69) is 44.4 Å². The van der Waals surface area contributed by atoms with Gasteiger partial charge in [-0.15, -0.1) is 11.3 Å². The quantitative estimate of drug-likeness (QED) is 0.844. The van der Waals surface area contributed by atoms with Crippen LogP contribution < -0.4 is 0 Å². The Morgan fingerprint density at radius 1 is 1.00 bits per heavy atom. The van der Waals surface area contributed by atoms with Crippen LogP contribution in [0.15, 0.2) is 35.2 Å². The maximum atomic E-state index is 4.40. The van der Waals surface area contributed by atoms with Crippen molar-refractivity contribution in [2.24, 2.45) is 0 Å². The van der Waals surface area contributed by atoms with Crippen molar-refractivity contribution in [1.82, 2.24) is 14.8 Å². The van der Waals surface area contributed by atoms with Gasteiger partial charge in [-0.2, -0.15) is 0 Å². The predicted octanol–water partition coefficient (Wildman–Crippen LogP) is 3.34. The van der Waals surface area contributed by atoms with Crippen molar-refractivity contribution in [2.75, 3.05) is 26.2 Å². The van der Waals surface area contributed by atoms with E-state index < -0.39 is 0 Å². The standard InChI is InChI=1S/C18H23N3S/c1-2-4-18(15-5-6-15)16(3-1)11-20-7-9-21(10-8-20)12-17-13-22-14-19-17/h1-4,13-15H,5-12H2. The highest BCUT2D eigenvalue weighted by Gasteiger charge is 2.26. The highest BCUT2D eigenvalue weighted by molar-refractivity contribution is 7.07. The molecule has 0 bridgehead atoms. The molecule has 0 radical (unpaired) electrons. The normalized spacial score (nSPS) is 20.4. The Kier molecular flexibility index (Phi) is 4.24. The van der Waals surface area contributed by atoms with Gasteiger partial charge in [0.15, 0.2) is 0 Å². The molecule has 2 fully saturated rings. The molecule has 1 saturated carbocycles. The molecule has 2 heterocycles. The molecule has 1 aromatic carbocycles. The van der Waals surface area contributed by atoms with Gasteiger partial charge in [-0.3, -0.25) is 9.80 Å². The smallest absolute Gasteiger partial charge is 0.0795 e. The Balaban J connectivity index is 1.32.